The van der Waals surface area contributed by atoms with Gasteiger partial charge in [0.15, 0.2) is 5.17 Å². The first-order valence-corrected chi connectivity index (χ1v) is 12.1. The second kappa shape index (κ2) is 9.64. The van der Waals surface area contributed by atoms with Crippen molar-refractivity contribution in [1.29, 1.82) is 0 Å². The van der Waals surface area contributed by atoms with Gasteiger partial charge in [-0.05, 0) is 77.8 Å². The van der Waals surface area contributed by atoms with Crippen LogP contribution in [0.1, 0.15) is 25.3 Å². The number of amidine groups is 1. The lowest BCUT2D eigenvalue weighted by atomic mass is 10.1. The normalized spacial score (nSPS) is 18.9. The summed E-state index contributed by atoms with van der Waals surface area (Å²) in [5.74, 6) is -0.168. The zero-order chi connectivity index (χ0) is 22.8. The fourth-order valence-electron chi connectivity index (χ4n) is 3.69. The number of nitro groups is 1. The van der Waals surface area contributed by atoms with E-state index in [1.165, 1.54) is 23.9 Å². The standard InChI is InChI=1S/C22H20BrClN4O3S/c1-2-27-21(29)20(32-22(27)25-15-5-7-17(23)18(24)13-15)12-14-11-16(28(30)31)6-8-19(14)26-9-3-4-10-26/h5-8,11-13H,2-4,9-10H2,1H3/b20-12-,25-22?. The molecule has 2 aliphatic heterocycles. The Balaban J connectivity index is 1.73. The van der Waals surface area contributed by atoms with Gasteiger partial charge in [-0.15, -0.1) is 0 Å². The number of halogens is 2. The summed E-state index contributed by atoms with van der Waals surface area (Å²) < 4.78 is 0.770. The minimum atomic E-state index is -0.415. The fraction of sp³-hybridized carbons (Fsp3) is 0.273. The number of amides is 1. The Morgan fingerprint density at radius 1 is 1.25 bits per heavy atom. The molecule has 166 valence electrons. The second-order valence-corrected chi connectivity index (χ2v) is 9.62. The summed E-state index contributed by atoms with van der Waals surface area (Å²) in [6.45, 7) is 4.13. The Hall–Kier alpha value is -2.36. The number of carbonyl (C=O) groups excluding carboxylic acids is 1. The van der Waals surface area contributed by atoms with E-state index in [-0.39, 0.29) is 11.6 Å². The van der Waals surface area contributed by atoms with E-state index >= 15 is 0 Å². The van der Waals surface area contributed by atoms with Gasteiger partial charge in [0.05, 0.1) is 20.5 Å². The first-order valence-electron chi connectivity index (χ1n) is 10.2. The predicted molar refractivity (Wildman–Crippen MR) is 134 cm³/mol. The van der Waals surface area contributed by atoms with E-state index in [2.05, 4.69) is 25.8 Å². The maximum atomic E-state index is 13.1. The number of non-ortho nitro benzene ring substituents is 1. The van der Waals surface area contributed by atoms with Gasteiger partial charge in [0.2, 0.25) is 0 Å². The quantitative estimate of drug-likeness (QED) is 0.257. The highest BCUT2D eigenvalue weighted by Gasteiger charge is 2.33. The van der Waals surface area contributed by atoms with Crippen molar-refractivity contribution in [3.8, 4) is 0 Å². The van der Waals surface area contributed by atoms with Crippen molar-refractivity contribution in [2.24, 2.45) is 4.99 Å². The van der Waals surface area contributed by atoms with Crippen LogP contribution in [0, 0.1) is 10.1 Å². The number of hydrogen-bond acceptors (Lipinski definition) is 6. The van der Waals surface area contributed by atoms with Gasteiger partial charge in [0.1, 0.15) is 0 Å². The number of rotatable bonds is 5. The molecule has 1 amide bonds. The Labute approximate surface area is 203 Å². The SMILES string of the molecule is CCN1C(=O)/C(=C/c2cc([N+](=O)[O-])ccc2N2CCCC2)SC1=Nc1ccc(Br)c(Cl)c1. The monoisotopic (exact) mass is 534 g/mol. The van der Waals surface area contributed by atoms with Crippen molar-refractivity contribution in [3.05, 3.63) is 66.5 Å². The van der Waals surface area contributed by atoms with E-state index < -0.39 is 4.92 Å². The molecule has 7 nitrogen and oxygen atoms in total. The van der Waals surface area contributed by atoms with Crippen LogP contribution >= 0.6 is 39.3 Å². The molecule has 2 saturated heterocycles. The molecule has 0 aromatic heterocycles. The lowest BCUT2D eigenvalue weighted by Gasteiger charge is -2.20. The number of nitro benzene ring substituents is 1. The number of aliphatic imine (C=N–C) groups is 1. The number of benzene rings is 2. The zero-order valence-electron chi connectivity index (χ0n) is 17.3. The molecule has 32 heavy (non-hydrogen) atoms. The molecule has 0 saturated carbocycles. The Kier molecular flexibility index (Phi) is 6.88. The molecular weight excluding hydrogens is 516 g/mol. The average molecular weight is 536 g/mol. The summed E-state index contributed by atoms with van der Waals surface area (Å²) in [6.07, 6.45) is 3.90. The third-order valence-electron chi connectivity index (χ3n) is 5.29. The Morgan fingerprint density at radius 2 is 2.00 bits per heavy atom. The van der Waals surface area contributed by atoms with Gasteiger partial charge in [-0.1, -0.05) is 11.6 Å². The number of carbonyl (C=O) groups is 1. The van der Waals surface area contributed by atoms with E-state index in [4.69, 9.17) is 11.6 Å². The first kappa shape index (κ1) is 22.8. The number of hydrogen-bond donors (Lipinski definition) is 0. The van der Waals surface area contributed by atoms with E-state index in [0.717, 1.165) is 36.1 Å². The molecule has 2 fully saturated rings. The molecule has 4 rings (SSSR count). The van der Waals surface area contributed by atoms with Crippen LogP contribution in [0.5, 0.6) is 0 Å². The van der Waals surface area contributed by atoms with Gasteiger partial charge in [0.25, 0.3) is 11.6 Å². The maximum absolute atomic E-state index is 13.1. The summed E-state index contributed by atoms with van der Waals surface area (Å²) >= 11 is 10.8. The topological polar surface area (TPSA) is 79.0 Å². The summed E-state index contributed by atoms with van der Waals surface area (Å²) in [5, 5.41) is 12.4. The molecule has 0 aliphatic carbocycles. The number of anilines is 1. The van der Waals surface area contributed by atoms with Crippen molar-refractivity contribution in [2.45, 2.75) is 19.8 Å². The average Bonchev–Trinajstić information content (AvgIpc) is 3.39. The van der Waals surface area contributed by atoms with Crippen molar-refractivity contribution in [3.63, 3.8) is 0 Å². The lowest BCUT2D eigenvalue weighted by Crippen LogP contribution is -2.28. The number of thioether (sulfide) groups is 1. The largest absolute Gasteiger partial charge is 0.371 e. The highest BCUT2D eigenvalue weighted by molar-refractivity contribution is 9.10. The number of nitrogens with zero attached hydrogens (tertiary/aromatic N) is 4. The van der Waals surface area contributed by atoms with Crippen LogP contribution in [0.2, 0.25) is 5.02 Å². The summed E-state index contributed by atoms with van der Waals surface area (Å²) in [4.78, 5) is 32.9. The lowest BCUT2D eigenvalue weighted by molar-refractivity contribution is -0.384. The van der Waals surface area contributed by atoms with Crippen molar-refractivity contribution in [1.82, 2.24) is 4.90 Å². The smallest absolute Gasteiger partial charge is 0.270 e. The third kappa shape index (κ3) is 4.69. The molecule has 2 aliphatic rings. The molecule has 0 unspecified atom stereocenters. The van der Waals surface area contributed by atoms with Gasteiger partial charge in [-0.3, -0.25) is 19.8 Å². The van der Waals surface area contributed by atoms with E-state index in [1.54, 1.807) is 23.1 Å². The molecule has 10 heteroatoms. The van der Waals surface area contributed by atoms with Crippen LogP contribution in [0.25, 0.3) is 6.08 Å². The summed E-state index contributed by atoms with van der Waals surface area (Å²) in [6, 6.07) is 10.2. The molecule has 0 atom stereocenters. The number of likely N-dealkylation sites (N-methyl/N-ethyl adjacent to an activating group) is 1. The highest BCUT2D eigenvalue weighted by atomic mass is 79.9. The minimum absolute atomic E-state index is 0.000912. The Morgan fingerprint density at radius 3 is 2.66 bits per heavy atom. The van der Waals surface area contributed by atoms with Gasteiger partial charge in [0, 0.05) is 47.5 Å². The maximum Gasteiger partial charge on any atom is 0.270 e. The predicted octanol–water partition coefficient (Wildman–Crippen LogP) is 6.23. The molecule has 0 spiro atoms. The molecular formula is C22H20BrClN4O3S. The van der Waals surface area contributed by atoms with Crippen molar-refractivity contribution < 1.29 is 9.72 Å². The summed E-state index contributed by atoms with van der Waals surface area (Å²) in [5.41, 5.74) is 2.21. The summed E-state index contributed by atoms with van der Waals surface area (Å²) in [7, 11) is 0. The van der Waals surface area contributed by atoms with Gasteiger partial charge in [-0.25, -0.2) is 4.99 Å². The van der Waals surface area contributed by atoms with Crippen LogP contribution in [0.3, 0.4) is 0 Å². The molecule has 2 aromatic rings. The minimum Gasteiger partial charge on any atom is -0.371 e. The molecule has 2 heterocycles. The second-order valence-electron chi connectivity index (χ2n) is 7.35. The van der Waals surface area contributed by atoms with Crippen LogP contribution in [0.15, 0.2) is 50.8 Å². The van der Waals surface area contributed by atoms with Gasteiger partial charge in [-0.2, -0.15) is 0 Å². The Bertz CT molecular complexity index is 1150. The van der Waals surface area contributed by atoms with Gasteiger partial charge < -0.3 is 4.90 Å². The first-order chi connectivity index (χ1) is 15.4. The molecule has 0 radical (unpaired) electrons. The molecule has 0 bridgehead atoms. The van der Waals surface area contributed by atoms with Crippen LogP contribution in [-0.4, -0.2) is 40.5 Å². The van der Waals surface area contributed by atoms with Gasteiger partial charge >= 0.3 is 0 Å². The van der Waals surface area contributed by atoms with E-state index in [0.29, 0.717) is 32.9 Å². The molecule has 0 N–H and O–H groups in total. The van der Waals surface area contributed by atoms with Crippen LogP contribution in [0.4, 0.5) is 17.1 Å². The van der Waals surface area contributed by atoms with Crippen LogP contribution in [-0.2, 0) is 4.79 Å². The van der Waals surface area contributed by atoms with E-state index in [9.17, 15) is 14.9 Å². The fourth-order valence-corrected chi connectivity index (χ4v) is 5.17. The van der Waals surface area contributed by atoms with E-state index in [1.807, 2.05) is 19.1 Å². The third-order valence-corrected chi connectivity index (χ3v) is 7.53. The molecule has 2 aromatic carbocycles. The van der Waals surface area contributed by atoms with Crippen molar-refractivity contribution in [2.75, 3.05) is 24.5 Å². The highest BCUT2D eigenvalue weighted by Crippen LogP contribution is 2.38. The van der Waals surface area contributed by atoms with Crippen LogP contribution < -0.4 is 4.90 Å². The zero-order valence-corrected chi connectivity index (χ0v) is 20.4. The van der Waals surface area contributed by atoms with Crippen molar-refractivity contribution >= 4 is 73.5 Å².